The van der Waals surface area contributed by atoms with Gasteiger partial charge in [-0.15, -0.1) is 0 Å². The van der Waals surface area contributed by atoms with Gasteiger partial charge in [0.1, 0.15) is 5.75 Å². The molecule has 154 valence electrons. The molecule has 0 bridgehead atoms. The van der Waals surface area contributed by atoms with E-state index in [1.807, 2.05) is 18.5 Å². The van der Waals surface area contributed by atoms with Crippen LogP contribution in [0.1, 0.15) is 39.5 Å². The fourth-order valence-electron chi connectivity index (χ4n) is 3.11. The summed E-state index contributed by atoms with van der Waals surface area (Å²) in [4.78, 5) is 12.8. The van der Waals surface area contributed by atoms with Crippen molar-refractivity contribution >= 4 is 17.1 Å². The molecule has 0 aliphatic heterocycles. The molecule has 2 aromatic rings. The summed E-state index contributed by atoms with van der Waals surface area (Å²) >= 11 is 0. The zero-order valence-corrected chi connectivity index (χ0v) is 16.2. The number of hydrogen-bond acceptors (Lipinski definition) is 4. The molecular formula is C21H27F3N2O2. The normalized spacial score (nSPS) is 19.8. The standard InChI is InChI=1S/C19H26N2O.C2HF3O/c1-14(2)12-21-17-4-7-18(8-5-17)22-19-6-3-16-13-20-10-9-15(16)11-19;3-2(4,5)1-6/h3,6,9-11,13-14,17-18,21H,4-5,7-8,12H2,1-2H3;1H. The average molecular weight is 396 g/mol. The van der Waals surface area contributed by atoms with Crippen molar-refractivity contribution in [3.8, 4) is 5.75 Å². The first-order valence-corrected chi connectivity index (χ1v) is 9.53. The van der Waals surface area contributed by atoms with Gasteiger partial charge < -0.3 is 10.1 Å². The molecule has 0 radical (unpaired) electrons. The number of aldehydes is 1. The number of aromatic nitrogens is 1. The molecule has 1 aliphatic carbocycles. The van der Waals surface area contributed by atoms with Crippen LogP contribution in [0.5, 0.6) is 5.75 Å². The van der Waals surface area contributed by atoms with Crippen LogP contribution in [0.4, 0.5) is 13.2 Å². The van der Waals surface area contributed by atoms with E-state index in [9.17, 15) is 13.2 Å². The summed E-state index contributed by atoms with van der Waals surface area (Å²) in [7, 11) is 0. The lowest BCUT2D eigenvalue weighted by Crippen LogP contribution is -2.37. The number of ether oxygens (including phenoxy) is 1. The van der Waals surface area contributed by atoms with Gasteiger partial charge in [0, 0.05) is 23.8 Å². The summed E-state index contributed by atoms with van der Waals surface area (Å²) in [5.74, 6) is 1.71. The van der Waals surface area contributed by atoms with E-state index >= 15 is 0 Å². The van der Waals surface area contributed by atoms with Crippen molar-refractivity contribution in [2.24, 2.45) is 5.92 Å². The Hall–Kier alpha value is -2.15. The van der Waals surface area contributed by atoms with Crippen molar-refractivity contribution < 1.29 is 22.7 Å². The predicted molar refractivity (Wildman–Crippen MR) is 103 cm³/mol. The molecule has 3 rings (SSSR count). The molecule has 0 atom stereocenters. The molecule has 0 spiro atoms. The van der Waals surface area contributed by atoms with Crippen LogP contribution in [0.15, 0.2) is 36.7 Å². The molecule has 1 aromatic carbocycles. The van der Waals surface area contributed by atoms with Crippen molar-refractivity contribution in [3.05, 3.63) is 36.7 Å². The highest BCUT2D eigenvalue weighted by atomic mass is 19.4. The molecule has 28 heavy (non-hydrogen) atoms. The second-order valence-electron chi connectivity index (χ2n) is 7.44. The summed E-state index contributed by atoms with van der Waals surface area (Å²) in [5, 5.41) is 6.02. The average Bonchev–Trinajstić information content (AvgIpc) is 2.67. The Kier molecular flexibility index (Phi) is 8.23. The summed E-state index contributed by atoms with van der Waals surface area (Å²) in [6.07, 6.45) is 3.10. The Morgan fingerprint density at radius 3 is 2.46 bits per heavy atom. The summed E-state index contributed by atoms with van der Waals surface area (Å²) < 4.78 is 37.4. The van der Waals surface area contributed by atoms with Crippen LogP contribution in [-0.4, -0.2) is 36.1 Å². The summed E-state index contributed by atoms with van der Waals surface area (Å²) in [6.45, 7) is 5.64. The monoisotopic (exact) mass is 396 g/mol. The van der Waals surface area contributed by atoms with Crippen molar-refractivity contribution in [2.75, 3.05) is 6.54 Å². The zero-order chi connectivity index (χ0) is 20.6. The first-order valence-electron chi connectivity index (χ1n) is 9.53. The van der Waals surface area contributed by atoms with Crippen molar-refractivity contribution in [1.29, 1.82) is 0 Å². The second kappa shape index (κ2) is 10.4. The van der Waals surface area contributed by atoms with E-state index in [1.54, 1.807) is 0 Å². The minimum absolute atomic E-state index is 0.358. The van der Waals surface area contributed by atoms with Crippen molar-refractivity contribution in [1.82, 2.24) is 10.3 Å². The van der Waals surface area contributed by atoms with E-state index in [0.717, 1.165) is 36.4 Å². The molecule has 7 heteroatoms. The third-order valence-electron chi connectivity index (χ3n) is 4.54. The molecule has 1 N–H and O–H groups in total. The fourth-order valence-corrected chi connectivity index (χ4v) is 3.11. The highest BCUT2D eigenvalue weighted by molar-refractivity contribution is 5.82. The number of fused-ring (bicyclic) bond motifs is 1. The number of halogens is 3. The van der Waals surface area contributed by atoms with Gasteiger partial charge in [0.05, 0.1) is 6.10 Å². The van der Waals surface area contributed by atoms with Gasteiger partial charge in [-0.25, -0.2) is 0 Å². The number of rotatable bonds is 5. The molecule has 0 amide bonds. The van der Waals surface area contributed by atoms with Gasteiger partial charge in [-0.3, -0.25) is 9.78 Å². The molecule has 1 aromatic heterocycles. The van der Waals surface area contributed by atoms with E-state index in [1.165, 1.54) is 18.2 Å². The topological polar surface area (TPSA) is 51.2 Å². The number of hydrogen-bond donors (Lipinski definition) is 1. The Labute approximate surface area is 163 Å². The van der Waals surface area contributed by atoms with Crippen LogP contribution in [0, 0.1) is 5.92 Å². The third-order valence-corrected chi connectivity index (χ3v) is 4.54. The Bertz CT molecular complexity index is 742. The first kappa shape index (κ1) is 22.1. The quantitative estimate of drug-likeness (QED) is 0.729. The maximum Gasteiger partial charge on any atom is 0.446 e. The second-order valence-corrected chi connectivity index (χ2v) is 7.44. The Morgan fingerprint density at radius 2 is 1.86 bits per heavy atom. The fraction of sp³-hybridized carbons (Fsp3) is 0.524. The van der Waals surface area contributed by atoms with Crippen LogP contribution in [0.25, 0.3) is 10.8 Å². The summed E-state index contributed by atoms with van der Waals surface area (Å²) in [5.41, 5.74) is 0. The maximum absolute atomic E-state index is 10.4. The van der Waals surface area contributed by atoms with Gasteiger partial charge in [0.2, 0.25) is 6.29 Å². The van der Waals surface area contributed by atoms with Gasteiger partial charge in [0.15, 0.2) is 0 Å². The van der Waals surface area contributed by atoms with E-state index in [4.69, 9.17) is 9.53 Å². The molecule has 1 heterocycles. The number of benzene rings is 1. The van der Waals surface area contributed by atoms with Crippen LogP contribution < -0.4 is 10.1 Å². The number of nitrogens with zero attached hydrogens (tertiary/aromatic N) is 1. The lowest BCUT2D eigenvalue weighted by Gasteiger charge is -2.30. The van der Waals surface area contributed by atoms with Gasteiger partial charge >= 0.3 is 6.18 Å². The molecular weight excluding hydrogens is 369 g/mol. The van der Waals surface area contributed by atoms with E-state index in [2.05, 4.69) is 42.3 Å². The lowest BCUT2D eigenvalue weighted by molar-refractivity contribution is -0.156. The molecule has 0 saturated heterocycles. The van der Waals surface area contributed by atoms with Gasteiger partial charge in [0.25, 0.3) is 0 Å². The van der Waals surface area contributed by atoms with Crippen LogP contribution in [0.2, 0.25) is 0 Å². The number of alkyl halides is 3. The zero-order valence-electron chi connectivity index (χ0n) is 16.2. The summed E-state index contributed by atoms with van der Waals surface area (Å²) in [6, 6.07) is 8.99. The minimum Gasteiger partial charge on any atom is -0.490 e. The minimum atomic E-state index is -4.64. The third kappa shape index (κ3) is 7.84. The highest BCUT2D eigenvalue weighted by Crippen LogP contribution is 2.26. The predicted octanol–water partition coefficient (Wildman–Crippen LogP) is 4.92. The molecule has 1 fully saturated rings. The smallest absolute Gasteiger partial charge is 0.446 e. The SMILES string of the molecule is CC(C)CNC1CCC(Oc2ccc3cnccc3c2)CC1.O=CC(F)(F)F. The maximum atomic E-state index is 10.4. The Morgan fingerprint density at radius 1 is 1.18 bits per heavy atom. The van der Waals surface area contributed by atoms with Crippen molar-refractivity contribution in [3.63, 3.8) is 0 Å². The first-order chi connectivity index (χ1) is 13.3. The lowest BCUT2D eigenvalue weighted by atomic mass is 9.92. The number of nitrogens with one attached hydrogen (secondary N) is 1. The van der Waals surface area contributed by atoms with Gasteiger partial charge in [-0.1, -0.05) is 13.8 Å². The Balaban J connectivity index is 0.000000409. The highest BCUT2D eigenvalue weighted by Gasteiger charge is 2.25. The van der Waals surface area contributed by atoms with Crippen molar-refractivity contribution in [2.45, 2.75) is 57.9 Å². The van der Waals surface area contributed by atoms with Crippen LogP contribution in [-0.2, 0) is 4.79 Å². The van der Waals surface area contributed by atoms with E-state index < -0.39 is 12.5 Å². The van der Waals surface area contributed by atoms with Gasteiger partial charge in [-0.05, 0) is 67.8 Å². The molecule has 0 unspecified atom stereocenters. The number of carbonyl (C=O) groups is 1. The molecule has 4 nitrogen and oxygen atoms in total. The van der Waals surface area contributed by atoms with E-state index in [-0.39, 0.29) is 0 Å². The van der Waals surface area contributed by atoms with Crippen LogP contribution >= 0.6 is 0 Å². The molecule has 1 aliphatic rings. The number of carbonyl (C=O) groups excluding carboxylic acids is 1. The van der Waals surface area contributed by atoms with E-state index in [0.29, 0.717) is 12.1 Å². The van der Waals surface area contributed by atoms with Gasteiger partial charge in [-0.2, -0.15) is 13.2 Å². The molecule has 1 saturated carbocycles. The van der Waals surface area contributed by atoms with Crippen LogP contribution in [0.3, 0.4) is 0 Å². The number of pyridine rings is 1. The largest absolute Gasteiger partial charge is 0.490 e.